The fraction of sp³-hybridized carbons (Fsp3) is 0.762. The average Bonchev–Trinajstić information content (AvgIpc) is 2.97. The molecule has 5 N–H and O–H groups in total. The number of hydroxylamine groups is 1. The van der Waals surface area contributed by atoms with Crippen molar-refractivity contribution in [2.24, 2.45) is 11.8 Å². The van der Waals surface area contributed by atoms with Gasteiger partial charge in [0.05, 0.1) is 12.2 Å². The van der Waals surface area contributed by atoms with Crippen molar-refractivity contribution in [1.29, 1.82) is 0 Å². The standard InChI is InChI=1S/C21H37NO6/c1-2-28-14-8-7-9-16(23)12-13-17-18(20(24)15-19(17)22-27)10-5-3-4-6-11-21(25)26/h3,5,12-13,16-20,22-24,27H,2,4,6-11,14-15H2,1H3,(H,25,26)/b5-3-,13-12+/t16-,17+,18?,19?,20-/m0/s1. The summed E-state index contributed by atoms with van der Waals surface area (Å²) < 4.78 is 5.29. The van der Waals surface area contributed by atoms with Crippen LogP contribution in [-0.2, 0) is 9.53 Å². The largest absolute Gasteiger partial charge is 0.481 e. The number of hydrogen-bond donors (Lipinski definition) is 5. The Kier molecular flexibility index (Phi) is 13.0. The fourth-order valence-electron chi connectivity index (χ4n) is 3.67. The first-order valence-electron chi connectivity index (χ1n) is 10.4. The Morgan fingerprint density at radius 3 is 2.75 bits per heavy atom. The molecule has 7 heteroatoms. The van der Waals surface area contributed by atoms with E-state index in [4.69, 9.17) is 9.84 Å². The van der Waals surface area contributed by atoms with Crippen LogP contribution in [0.15, 0.2) is 24.3 Å². The van der Waals surface area contributed by atoms with Gasteiger partial charge in [0.15, 0.2) is 0 Å². The second-order valence-corrected chi connectivity index (χ2v) is 7.42. The Hall–Kier alpha value is -1.25. The average molecular weight is 400 g/mol. The number of unbranched alkanes of at least 4 members (excludes halogenated alkanes) is 2. The highest BCUT2D eigenvalue weighted by Gasteiger charge is 2.40. The van der Waals surface area contributed by atoms with Crippen molar-refractivity contribution in [3.63, 3.8) is 0 Å². The summed E-state index contributed by atoms with van der Waals surface area (Å²) in [7, 11) is 0. The van der Waals surface area contributed by atoms with E-state index in [-0.39, 0.29) is 24.3 Å². The van der Waals surface area contributed by atoms with E-state index in [1.165, 1.54) is 0 Å². The maximum absolute atomic E-state index is 10.5. The van der Waals surface area contributed by atoms with E-state index in [0.717, 1.165) is 12.8 Å². The van der Waals surface area contributed by atoms with Crippen LogP contribution in [0.4, 0.5) is 0 Å². The molecular formula is C21H37NO6. The molecule has 0 saturated heterocycles. The van der Waals surface area contributed by atoms with Crippen LogP contribution < -0.4 is 5.48 Å². The van der Waals surface area contributed by atoms with Gasteiger partial charge in [0.1, 0.15) is 0 Å². The lowest BCUT2D eigenvalue weighted by Crippen LogP contribution is -2.30. The van der Waals surface area contributed by atoms with Crippen molar-refractivity contribution in [1.82, 2.24) is 5.48 Å². The topological polar surface area (TPSA) is 119 Å². The first kappa shape index (κ1) is 24.8. The van der Waals surface area contributed by atoms with Crippen molar-refractivity contribution in [3.05, 3.63) is 24.3 Å². The van der Waals surface area contributed by atoms with Crippen LogP contribution in [0.25, 0.3) is 0 Å². The maximum atomic E-state index is 10.5. The summed E-state index contributed by atoms with van der Waals surface area (Å²) in [4.78, 5) is 10.5. The number of aliphatic hydroxyl groups is 2. The molecule has 0 aromatic rings. The van der Waals surface area contributed by atoms with Gasteiger partial charge in [-0.05, 0) is 57.8 Å². The number of ether oxygens (including phenoxy) is 1. The second-order valence-electron chi connectivity index (χ2n) is 7.42. The molecule has 1 rings (SSSR count). The molecule has 1 fully saturated rings. The lowest BCUT2D eigenvalue weighted by molar-refractivity contribution is -0.137. The molecule has 2 unspecified atom stereocenters. The molecule has 1 saturated carbocycles. The molecule has 162 valence electrons. The highest BCUT2D eigenvalue weighted by Crippen LogP contribution is 2.36. The van der Waals surface area contributed by atoms with Gasteiger partial charge in [-0.25, -0.2) is 5.48 Å². The molecule has 28 heavy (non-hydrogen) atoms. The van der Waals surface area contributed by atoms with E-state index in [1.54, 1.807) is 6.08 Å². The molecule has 1 aliphatic rings. The summed E-state index contributed by atoms with van der Waals surface area (Å²) in [5.41, 5.74) is 2.29. The predicted octanol–water partition coefficient (Wildman–Crippen LogP) is 2.66. The Bertz CT molecular complexity index is 482. The molecule has 0 spiro atoms. The van der Waals surface area contributed by atoms with Gasteiger partial charge in [0, 0.05) is 31.6 Å². The lowest BCUT2D eigenvalue weighted by atomic mass is 9.89. The second kappa shape index (κ2) is 14.7. The highest BCUT2D eigenvalue weighted by atomic mass is 16.5. The Morgan fingerprint density at radius 1 is 1.29 bits per heavy atom. The number of hydrogen-bond acceptors (Lipinski definition) is 6. The zero-order chi connectivity index (χ0) is 20.8. The highest BCUT2D eigenvalue weighted by molar-refractivity contribution is 5.66. The molecule has 0 heterocycles. The third-order valence-electron chi connectivity index (χ3n) is 5.25. The number of aliphatic carboxylic acids is 1. The van der Waals surface area contributed by atoms with Gasteiger partial charge in [-0.1, -0.05) is 24.3 Å². The van der Waals surface area contributed by atoms with Gasteiger partial charge in [0.25, 0.3) is 0 Å². The summed E-state index contributed by atoms with van der Waals surface area (Å²) in [5, 5.41) is 38.6. The minimum Gasteiger partial charge on any atom is -0.481 e. The van der Waals surface area contributed by atoms with Crippen molar-refractivity contribution in [2.75, 3.05) is 13.2 Å². The minimum absolute atomic E-state index is 0.0539. The van der Waals surface area contributed by atoms with Gasteiger partial charge in [-0.2, -0.15) is 0 Å². The first-order valence-corrected chi connectivity index (χ1v) is 10.4. The monoisotopic (exact) mass is 399 g/mol. The lowest BCUT2D eigenvalue weighted by Gasteiger charge is -2.21. The number of nitrogens with one attached hydrogen (secondary N) is 1. The molecule has 5 atom stereocenters. The van der Waals surface area contributed by atoms with Gasteiger partial charge in [0.2, 0.25) is 0 Å². The van der Waals surface area contributed by atoms with Gasteiger partial charge < -0.3 is 25.3 Å². The fourth-order valence-corrected chi connectivity index (χ4v) is 3.67. The number of rotatable bonds is 15. The molecule has 0 amide bonds. The molecule has 0 aromatic carbocycles. The molecular weight excluding hydrogens is 362 g/mol. The van der Waals surface area contributed by atoms with Crippen molar-refractivity contribution >= 4 is 5.97 Å². The van der Waals surface area contributed by atoms with Crippen LogP contribution in [0.1, 0.15) is 58.3 Å². The van der Waals surface area contributed by atoms with Crippen LogP contribution in [0.2, 0.25) is 0 Å². The molecule has 0 aliphatic heterocycles. The van der Waals surface area contributed by atoms with Crippen LogP contribution in [0.3, 0.4) is 0 Å². The van der Waals surface area contributed by atoms with Gasteiger partial charge >= 0.3 is 5.97 Å². The third-order valence-corrected chi connectivity index (χ3v) is 5.25. The normalized spacial score (nSPS) is 26.4. The summed E-state index contributed by atoms with van der Waals surface area (Å²) in [6.07, 6.45) is 11.5. The zero-order valence-corrected chi connectivity index (χ0v) is 16.9. The van der Waals surface area contributed by atoms with Crippen LogP contribution in [0, 0.1) is 11.8 Å². The maximum Gasteiger partial charge on any atom is 0.303 e. The van der Waals surface area contributed by atoms with Crippen molar-refractivity contribution < 1.29 is 30.1 Å². The molecule has 0 bridgehead atoms. The molecule has 0 radical (unpaired) electrons. The molecule has 1 aliphatic carbocycles. The molecule has 0 aromatic heterocycles. The number of aliphatic hydroxyl groups excluding tert-OH is 2. The summed E-state index contributed by atoms with van der Waals surface area (Å²) in [5.74, 6) is -0.929. The van der Waals surface area contributed by atoms with Crippen LogP contribution in [0.5, 0.6) is 0 Å². The van der Waals surface area contributed by atoms with E-state index in [2.05, 4.69) is 5.48 Å². The number of carboxylic acid groups (broad SMARTS) is 1. The third kappa shape index (κ3) is 9.80. The summed E-state index contributed by atoms with van der Waals surface area (Å²) in [6, 6.07) is -0.248. The minimum atomic E-state index is -0.793. The zero-order valence-electron chi connectivity index (χ0n) is 16.9. The molecule has 7 nitrogen and oxygen atoms in total. The SMILES string of the molecule is CCOCCCC[C@H](O)/C=C/[C@H]1C(NO)C[C@H](O)C1C/C=C\CCCC(=O)O. The number of carbonyl (C=O) groups is 1. The van der Waals surface area contributed by atoms with E-state index in [9.17, 15) is 20.2 Å². The first-order chi connectivity index (χ1) is 13.5. The Labute approximate surface area is 168 Å². The number of carboxylic acids is 1. The summed E-state index contributed by atoms with van der Waals surface area (Å²) >= 11 is 0. The van der Waals surface area contributed by atoms with Crippen molar-refractivity contribution in [2.45, 2.75) is 76.5 Å². The van der Waals surface area contributed by atoms with E-state index in [1.807, 2.05) is 25.2 Å². The number of allylic oxidation sites excluding steroid dienone is 2. The van der Waals surface area contributed by atoms with E-state index < -0.39 is 18.2 Å². The van der Waals surface area contributed by atoms with Crippen LogP contribution >= 0.6 is 0 Å². The van der Waals surface area contributed by atoms with Crippen LogP contribution in [-0.4, -0.2) is 58.0 Å². The Balaban J connectivity index is 2.49. The van der Waals surface area contributed by atoms with Gasteiger partial charge in [-0.15, -0.1) is 0 Å². The van der Waals surface area contributed by atoms with Gasteiger partial charge in [-0.3, -0.25) is 4.79 Å². The predicted molar refractivity (Wildman–Crippen MR) is 107 cm³/mol. The summed E-state index contributed by atoms with van der Waals surface area (Å²) in [6.45, 7) is 3.37. The van der Waals surface area contributed by atoms with E-state index in [0.29, 0.717) is 45.3 Å². The Morgan fingerprint density at radius 2 is 2.07 bits per heavy atom. The smallest absolute Gasteiger partial charge is 0.303 e. The van der Waals surface area contributed by atoms with E-state index >= 15 is 0 Å². The van der Waals surface area contributed by atoms with Crippen molar-refractivity contribution in [3.8, 4) is 0 Å². The quantitative estimate of drug-likeness (QED) is 0.163.